The van der Waals surface area contributed by atoms with Crippen molar-refractivity contribution >= 4 is 0 Å². The molecule has 0 radical (unpaired) electrons. The van der Waals surface area contributed by atoms with Gasteiger partial charge in [-0.3, -0.25) is 0 Å². The highest BCUT2D eigenvalue weighted by Crippen LogP contribution is 2.19. The first-order chi connectivity index (χ1) is 11.3. The van der Waals surface area contributed by atoms with E-state index in [0.717, 1.165) is 29.1 Å². The topological polar surface area (TPSA) is 60.6 Å². The highest BCUT2D eigenvalue weighted by Gasteiger charge is 2.29. The maximum atomic E-state index is 12.5. The van der Waals surface area contributed by atoms with Gasteiger partial charge in [0.05, 0.1) is 13.1 Å². The van der Waals surface area contributed by atoms with Gasteiger partial charge in [0.1, 0.15) is 18.2 Å². The number of hydrogen-bond donors (Lipinski definition) is 1. The van der Waals surface area contributed by atoms with E-state index in [1.165, 1.54) is 12.4 Å². The van der Waals surface area contributed by atoms with Crippen LogP contribution in [0.2, 0.25) is 0 Å². The zero-order chi connectivity index (χ0) is 17.3. The molecule has 24 heavy (non-hydrogen) atoms. The smallest absolute Gasteiger partial charge is 0.325 e. The number of fused-ring (bicyclic) bond motifs is 1. The van der Waals surface area contributed by atoms with Gasteiger partial charge < -0.3 is 9.88 Å². The van der Waals surface area contributed by atoms with E-state index in [1.54, 1.807) is 0 Å². The van der Waals surface area contributed by atoms with Gasteiger partial charge in [0.15, 0.2) is 5.82 Å². The lowest BCUT2D eigenvalue weighted by molar-refractivity contribution is -0.141. The van der Waals surface area contributed by atoms with Crippen molar-refractivity contribution in [1.29, 1.82) is 0 Å². The minimum atomic E-state index is -4.25. The summed E-state index contributed by atoms with van der Waals surface area (Å²) in [5, 5.41) is 7.80. The Bertz CT molecular complexity index is 688. The first kappa shape index (κ1) is 16.9. The summed E-state index contributed by atoms with van der Waals surface area (Å²) >= 11 is 0. The molecule has 2 aromatic heterocycles. The normalized spacial score (nSPS) is 18.2. The van der Waals surface area contributed by atoms with E-state index in [2.05, 4.69) is 34.2 Å². The second-order valence-electron chi connectivity index (χ2n) is 6.43. The van der Waals surface area contributed by atoms with Crippen molar-refractivity contribution in [3.8, 4) is 0 Å². The predicted octanol–water partition coefficient (Wildman–Crippen LogP) is 2.26. The van der Waals surface area contributed by atoms with Crippen molar-refractivity contribution in [2.45, 2.75) is 64.5 Å². The maximum absolute atomic E-state index is 12.5. The second-order valence-corrected chi connectivity index (χ2v) is 6.43. The van der Waals surface area contributed by atoms with E-state index in [4.69, 9.17) is 0 Å². The molecular formula is C15H21F3N6. The number of nitrogens with one attached hydrogen (secondary N) is 1. The molecule has 0 saturated heterocycles. The summed E-state index contributed by atoms with van der Waals surface area (Å²) in [6.07, 6.45) is 0.206. The van der Waals surface area contributed by atoms with Crippen LogP contribution in [0.25, 0.3) is 0 Å². The fraction of sp³-hybridized carbons (Fsp3) is 0.667. The molecule has 3 heterocycles. The molecule has 0 amide bonds. The van der Waals surface area contributed by atoms with Crippen molar-refractivity contribution in [1.82, 2.24) is 29.6 Å². The summed E-state index contributed by atoms with van der Waals surface area (Å²) in [5.74, 6) is 2.49. The summed E-state index contributed by atoms with van der Waals surface area (Å²) < 4.78 is 40.7. The van der Waals surface area contributed by atoms with Crippen molar-refractivity contribution in [3.05, 3.63) is 29.9 Å². The summed E-state index contributed by atoms with van der Waals surface area (Å²) in [6, 6.07) is 0.148. The molecule has 2 aromatic rings. The summed E-state index contributed by atoms with van der Waals surface area (Å²) in [4.78, 5) is 8.55. The molecule has 0 unspecified atom stereocenters. The molecule has 1 aliphatic heterocycles. The van der Waals surface area contributed by atoms with E-state index in [-0.39, 0.29) is 12.0 Å². The zero-order valence-corrected chi connectivity index (χ0v) is 13.7. The fourth-order valence-corrected chi connectivity index (χ4v) is 2.82. The SMILES string of the molecule is CC(C)c1nc2n(n1)C[C@H](NCc1nccn1CC(F)(F)F)CC2. The van der Waals surface area contributed by atoms with Gasteiger partial charge >= 0.3 is 6.18 Å². The summed E-state index contributed by atoms with van der Waals surface area (Å²) in [5.41, 5.74) is 0. The first-order valence-corrected chi connectivity index (χ1v) is 8.05. The van der Waals surface area contributed by atoms with Crippen LogP contribution >= 0.6 is 0 Å². The summed E-state index contributed by atoms with van der Waals surface area (Å²) in [7, 11) is 0. The van der Waals surface area contributed by atoms with Crippen LogP contribution < -0.4 is 5.32 Å². The van der Waals surface area contributed by atoms with Gasteiger partial charge in [0.2, 0.25) is 0 Å². The number of rotatable bonds is 5. The van der Waals surface area contributed by atoms with Crippen molar-refractivity contribution in [2.75, 3.05) is 0 Å². The molecule has 1 atom stereocenters. The fourth-order valence-electron chi connectivity index (χ4n) is 2.82. The third-order valence-electron chi connectivity index (χ3n) is 4.09. The Morgan fingerprint density at radius 3 is 2.88 bits per heavy atom. The van der Waals surface area contributed by atoms with Gasteiger partial charge in [-0.25, -0.2) is 14.6 Å². The predicted molar refractivity (Wildman–Crippen MR) is 81.3 cm³/mol. The minimum Gasteiger partial charge on any atom is -0.325 e. The lowest BCUT2D eigenvalue weighted by Crippen LogP contribution is -2.38. The van der Waals surface area contributed by atoms with Crippen molar-refractivity contribution in [3.63, 3.8) is 0 Å². The van der Waals surface area contributed by atoms with Crippen LogP contribution in [-0.4, -0.2) is 36.5 Å². The van der Waals surface area contributed by atoms with Crippen molar-refractivity contribution in [2.24, 2.45) is 0 Å². The molecule has 1 N–H and O–H groups in total. The van der Waals surface area contributed by atoms with Crippen LogP contribution in [0.3, 0.4) is 0 Å². The first-order valence-electron chi connectivity index (χ1n) is 8.05. The average Bonchev–Trinajstić information content (AvgIpc) is 3.09. The molecule has 0 spiro atoms. The van der Waals surface area contributed by atoms with Gasteiger partial charge in [-0.2, -0.15) is 18.3 Å². The van der Waals surface area contributed by atoms with Gasteiger partial charge in [-0.05, 0) is 6.42 Å². The molecule has 0 bridgehead atoms. The van der Waals surface area contributed by atoms with E-state index in [1.807, 2.05) is 4.68 Å². The molecule has 9 heteroatoms. The van der Waals surface area contributed by atoms with E-state index in [9.17, 15) is 13.2 Å². The largest absolute Gasteiger partial charge is 0.406 e. The Balaban J connectivity index is 1.59. The Hall–Kier alpha value is -1.90. The number of alkyl halides is 3. The zero-order valence-electron chi connectivity index (χ0n) is 13.7. The lowest BCUT2D eigenvalue weighted by atomic mass is 10.1. The molecule has 1 aliphatic rings. The minimum absolute atomic E-state index is 0.148. The number of aryl methyl sites for hydroxylation is 1. The quantitative estimate of drug-likeness (QED) is 0.905. The number of halogens is 3. The molecule has 3 rings (SSSR count). The Morgan fingerprint density at radius 2 is 2.17 bits per heavy atom. The molecule has 6 nitrogen and oxygen atoms in total. The van der Waals surface area contributed by atoms with Gasteiger partial charge in [0.25, 0.3) is 0 Å². The van der Waals surface area contributed by atoms with Gasteiger partial charge in [0, 0.05) is 30.8 Å². The third kappa shape index (κ3) is 3.95. The monoisotopic (exact) mass is 342 g/mol. The van der Waals surface area contributed by atoms with E-state index < -0.39 is 12.7 Å². The number of nitrogens with zero attached hydrogens (tertiary/aromatic N) is 5. The van der Waals surface area contributed by atoms with Crippen LogP contribution in [0.1, 0.15) is 43.7 Å². The highest BCUT2D eigenvalue weighted by atomic mass is 19.4. The lowest BCUT2D eigenvalue weighted by Gasteiger charge is -2.23. The highest BCUT2D eigenvalue weighted by molar-refractivity contribution is 5.01. The van der Waals surface area contributed by atoms with Gasteiger partial charge in [-0.1, -0.05) is 13.8 Å². The van der Waals surface area contributed by atoms with Crippen LogP contribution in [0.5, 0.6) is 0 Å². The molecule has 0 aliphatic carbocycles. The molecule has 0 aromatic carbocycles. The average molecular weight is 342 g/mol. The number of aromatic nitrogens is 5. The molecule has 132 valence electrons. The number of imidazole rings is 1. The van der Waals surface area contributed by atoms with Crippen LogP contribution in [0.15, 0.2) is 12.4 Å². The summed E-state index contributed by atoms with van der Waals surface area (Å²) in [6.45, 7) is 4.07. The molecule has 0 fully saturated rings. The Morgan fingerprint density at radius 1 is 1.38 bits per heavy atom. The molecule has 0 saturated carbocycles. The van der Waals surface area contributed by atoms with Crippen molar-refractivity contribution < 1.29 is 13.2 Å². The van der Waals surface area contributed by atoms with E-state index >= 15 is 0 Å². The Kier molecular flexibility index (Phi) is 4.62. The van der Waals surface area contributed by atoms with Crippen LogP contribution in [0.4, 0.5) is 13.2 Å². The second kappa shape index (κ2) is 6.54. The maximum Gasteiger partial charge on any atom is 0.406 e. The van der Waals surface area contributed by atoms with E-state index in [0.29, 0.717) is 18.9 Å². The molecular weight excluding hydrogens is 321 g/mol. The van der Waals surface area contributed by atoms with Gasteiger partial charge in [-0.15, -0.1) is 0 Å². The third-order valence-corrected chi connectivity index (χ3v) is 4.09. The standard InChI is InChI=1S/C15H21F3N6/c1-10(2)14-21-12-4-3-11(8-24(12)22-14)20-7-13-19-5-6-23(13)9-15(16,17)18/h5-6,10-11,20H,3-4,7-9H2,1-2H3/t11-/m1/s1. The van der Waals surface area contributed by atoms with Crippen LogP contribution in [-0.2, 0) is 26.1 Å². The Labute approximate surface area is 138 Å². The van der Waals surface area contributed by atoms with Crippen LogP contribution in [0, 0.1) is 0 Å². The number of hydrogen-bond acceptors (Lipinski definition) is 4.